The molecule has 11 heteroatoms. The van der Waals surface area contributed by atoms with Crippen LogP contribution in [-0.4, -0.2) is 44.4 Å². The maximum atomic E-state index is 12.3. The van der Waals surface area contributed by atoms with Gasteiger partial charge in [-0.2, -0.15) is 4.98 Å². The molecule has 4 N–H and O–H groups in total. The zero-order chi connectivity index (χ0) is 16.7. The molecule has 0 aliphatic carbocycles. The Bertz CT molecular complexity index is 871. The van der Waals surface area contributed by atoms with Gasteiger partial charge in [-0.3, -0.25) is 23.9 Å². The molecule has 1 aliphatic heterocycles. The molecule has 1 aliphatic rings. The third-order valence-electron chi connectivity index (χ3n) is 3.41. The highest BCUT2D eigenvalue weighted by atomic mass is 32.1. The van der Waals surface area contributed by atoms with Crippen molar-refractivity contribution in [3.8, 4) is 0 Å². The van der Waals surface area contributed by atoms with Crippen LogP contribution in [0.2, 0.25) is 0 Å². The first-order chi connectivity index (χ1) is 10.9. The van der Waals surface area contributed by atoms with Crippen molar-refractivity contribution in [1.29, 1.82) is 0 Å². The Labute approximate surface area is 132 Å². The number of esters is 1. The summed E-state index contributed by atoms with van der Waals surface area (Å²) in [6.45, 7) is 0.944. The summed E-state index contributed by atoms with van der Waals surface area (Å²) in [6, 6.07) is 0. The van der Waals surface area contributed by atoms with Crippen molar-refractivity contribution < 1.29 is 19.4 Å². The number of nitrogens with two attached hydrogens (primary N) is 1. The van der Waals surface area contributed by atoms with E-state index in [9.17, 15) is 19.5 Å². The van der Waals surface area contributed by atoms with Crippen molar-refractivity contribution in [3.63, 3.8) is 0 Å². The van der Waals surface area contributed by atoms with Crippen LogP contribution in [0.15, 0.2) is 9.59 Å². The van der Waals surface area contributed by atoms with Crippen LogP contribution >= 0.6 is 11.3 Å². The number of nitrogens with zero attached hydrogens (tertiary/aromatic N) is 2. The Kier molecular flexibility index (Phi) is 3.92. The topological polar surface area (TPSA) is 150 Å². The van der Waals surface area contributed by atoms with Crippen molar-refractivity contribution in [2.24, 2.45) is 0 Å². The lowest BCUT2D eigenvalue weighted by Gasteiger charge is -2.19. The number of carbonyl (C=O) groups is 1. The maximum absolute atomic E-state index is 12.3. The number of aromatic nitrogens is 3. The lowest BCUT2D eigenvalue weighted by atomic mass is 10.2. The van der Waals surface area contributed by atoms with Crippen LogP contribution in [0.1, 0.15) is 19.6 Å². The number of rotatable bonds is 3. The third kappa shape index (κ3) is 2.73. The molecule has 0 aromatic carbocycles. The van der Waals surface area contributed by atoms with Crippen LogP contribution in [0.4, 0.5) is 5.95 Å². The molecule has 0 radical (unpaired) electrons. The summed E-state index contributed by atoms with van der Waals surface area (Å²) in [6.07, 6.45) is -2.12. The van der Waals surface area contributed by atoms with Crippen LogP contribution in [-0.2, 0) is 14.3 Å². The Hall–Kier alpha value is -2.24. The molecule has 3 rings (SSSR count). The molecule has 2 aromatic heterocycles. The highest BCUT2D eigenvalue weighted by Gasteiger charge is 2.40. The summed E-state index contributed by atoms with van der Waals surface area (Å²) in [5, 5.41) is 9.26. The number of H-pyrrole nitrogens is 1. The molecule has 23 heavy (non-hydrogen) atoms. The van der Waals surface area contributed by atoms with E-state index in [0.29, 0.717) is 11.3 Å². The predicted octanol–water partition coefficient (Wildman–Crippen LogP) is -1.06. The molecule has 124 valence electrons. The van der Waals surface area contributed by atoms with Crippen molar-refractivity contribution in [2.45, 2.75) is 31.8 Å². The minimum Gasteiger partial charge on any atom is -0.458 e. The molecule has 2 unspecified atom stereocenters. The van der Waals surface area contributed by atoms with E-state index in [-0.39, 0.29) is 29.3 Å². The number of fused-ring (bicyclic) bond motifs is 1. The van der Waals surface area contributed by atoms with E-state index in [0.717, 1.165) is 4.57 Å². The van der Waals surface area contributed by atoms with E-state index >= 15 is 0 Å². The van der Waals surface area contributed by atoms with Crippen LogP contribution in [0.25, 0.3) is 10.3 Å². The summed E-state index contributed by atoms with van der Waals surface area (Å²) in [5.74, 6) is -0.685. The first kappa shape index (κ1) is 15.6. The van der Waals surface area contributed by atoms with Gasteiger partial charge in [0.2, 0.25) is 5.95 Å². The number of hydrogen-bond acceptors (Lipinski definition) is 9. The summed E-state index contributed by atoms with van der Waals surface area (Å²) >= 11 is 0.693. The molecule has 0 bridgehead atoms. The van der Waals surface area contributed by atoms with Gasteiger partial charge in [0.15, 0.2) is 11.9 Å². The SMILES string of the molecule is CC(=O)O[C@@H]1CC(CO)OC1n1c(=O)sc2c(=O)[nH]c(N)nc21. The number of ether oxygens (including phenoxy) is 2. The van der Waals surface area contributed by atoms with E-state index in [2.05, 4.69) is 9.97 Å². The molecular weight excluding hydrogens is 328 g/mol. The number of anilines is 1. The number of hydrogen-bond donors (Lipinski definition) is 3. The second-order valence-electron chi connectivity index (χ2n) is 5.06. The highest BCUT2D eigenvalue weighted by Crippen LogP contribution is 2.32. The van der Waals surface area contributed by atoms with Gasteiger partial charge in [-0.05, 0) is 0 Å². The minimum atomic E-state index is -0.981. The number of thiazole rings is 1. The van der Waals surface area contributed by atoms with Crippen LogP contribution in [0.3, 0.4) is 0 Å². The van der Waals surface area contributed by atoms with Gasteiger partial charge >= 0.3 is 10.8 Å². The monoisotopic (exact) mass is 342 g/mol. The maximum Gasteiger partial charge on any atom is 0.311 e. The summed E-state index contributed by atoms with van der Waals surface area (Å²) in [4.78, 5) is 41.2. The average Bonchev–Trinajstić information content (AvgIpc) is 2.99. The number of aromatic amines is 1. The molecule has 3 atom stereocenters. The Morgan fingerprint density at radius 2 is 2.35 bits per heavy atom. The molecule has 0 spiro atoms. The van der Waals surface area contributed by atoms with Crippen molar-refractivity contribution in [3.05, 3.63) is 20.0 Å². The van der Waals surface area contributed by atoms with Gasteiger partial charge < -0.3 is 20.3 Å². The molecule has 1 saturated heterocycles. The summed E-state index contributed by atoms with van der Waals surface area (Å²) < 4.78 is 12.0. The van der Waals surface area contributed by atoms with Crippen LogP contribution < -0.4 is 16.2 Å². The molecule has 0 amide bonds. The highest BCUT2D eigenvalue weighted by molar-refractivity contribution is 7.16. The zero-order valence-corrected chi connectivity index (χ0v) is 12.8. The first-order valence-corrected chi connectivity index (χ1v) is 7.56. The summed E-state index contributed by atoms with van der Waals surface area (Å²) in [5.41, 5.74) is 5.05. The number of nitrogen functional groups attached to an aromatic ring is 1. The molecule has 1 fully saturated rings. The minimum absolute atomic E-state index is 0.0574. The fraction of sp³-hybridized carbons (Fsp3) is 0.500. The molecule has 10 nitrogen and oxygen atoms in total. The number of nitrogens with one attached hydrogen (secondary N) is 1. The molecular formula is C12H14N4O6S. The van der Waals surface area contributed by atoms with E-state index in [1.54, 1.807) is 0 Å². The second-order valence-corrected chi connectivity index (χ2v) is 6.02. The lowest BCUT2D eigenvalue weighted by molar-refractivity contribution is -0.152. The molecule has 3 heterocycles. The van der Waals surface area contributed by atoms with Gasteiger partial charge in [0.05, 0.1) is 12.7 Å². The predicted molar refractivity (Wildman–Crippen MR) is 80.1 cm³/mol. The fourth-order valence-electron chi connectivity index (χ4n) is 2.55. The first-order valence-electron chi connectivity index (χ1n) is 6.75. The third-order valence-corrected chi connectivity index (χ3v) is 4.36. The fourth-order valence-corrected chi connectivity index (χ4v) is 3.39. The quantitative estimate of drug-likeness (QED) is 0.597. The molecule has 2 aromatic rings. The van der Waals surface area contributed by atoms with E-state index in [1.807, 2.05) is 0 Å². The largest absolute Gasteiger partial charge is 0.458 e. The van der Waals surface area contributed by atoms with Crippen molar-refractivity contribution in [2.75, 3.05) is 12.3 Å². The smallest absolute Gasteiger partial charge is 0.311 e. The Morgan fingerprint density at radius 3 is 3.00 bits per heavy atom. The van der Waals surface area contributed by atoms with Gasteiger partial charge in [0.25, 0.3) is 5.56 Å². The van der Waals surface area contributed by atoms with Gasteiger partial charge in [-0.25, -0.2) is 0 Å². The number of aliphatic hydroxyl groups is 1. The zero-order valence-electron chi connectivity index (χ0n) is 12.0. The van der Waals surface area contributed by atoms with Crippen LogP contribution in [0, 0.1) is 0 Å². The van der Waals surface area contributed by atoms with E-state index < -0.39 is 34.8 Å². The van der Waals surface area contributed by atoms with Gasteiger partial charge in [-0.1, -0.05) is 11.3 Å². The Morgan fingerprint density at radius 1 is 1.61 bits per heavy atom. The van der Waals surface area contributed by atoms with Gasteiger partial charge in [-0.15, -0.1) is 0 Å². The second kappa shape index (κ2) is 5.76. The lowest BCUT2D eigenvalue weighted by Crippen LogP contribution is -2.30. The standard InChI is InChI=1S/C12H14N4O6S/c1-4(18)21-6-2-5(3-17)22-10(6)16-8-7(23-12(16)20)9(19)15-11(13)14-8/h5-6,10,17H,2-3H2,1H3,(H3,13,14,15,19)/t5?,6-,10?/m1/s1. The van der Waals surface area contributed by atoms with Crippen LogP contribution in [0.5, 0.6) is 0 Å². The number of carbonyl (C=O) groups excluding carboxylic acids is 1. The summed E-state index contributed by atoms with van der Waals surface area (Å²) in [7, 11) is 0. The Balaban J connectivity index is 2.14. The number of aliphatic hydroxyl groups excluding tert-OH is 1. The average molecular weight is 342 g/mol. The van der Waals surface area contributed by atoms with Crippen molar-refractivity contribution >= 4 is 33.6 Å². The van der Waals surface area contributed by atoms with Gasteiger partial charge in [0.1, 0.15) is 10.8 Å². The van der Waals surface area contributed by atoms with Gasteiger partial charge in [0, 0.05) is 13.3 Å². The van der Waals surface area contributed by atoms with E-state index in [1.165, 1.54) is 6.92 Å². The molecule has 0 saturated carbocycles. The normalized spacial score (nSPS) is 24.2. The van der Waals surface area contributed by atoms with Crippen molar-refractivity contribution in [1.82, 2.24) is 14.5 Å². The van der Waals surface area contributed by atoms with E-state index in [4.69, 9.17) is 15.2 Å².